The van der Waals surface area contributed by atoms with E-state index in [1.165, 1.54) is 5.56 Å². The van der Waals surface area contributed by atoms with Crippen molar-refractivity contribution in [2.75, 3.05) is 51.2 Å². The average molecular weight is 497 g/mol. The van der Waals surface area contributed by atoms with Crippen LogP contribution in [0.3, 0.4) is 0 Å². The van der Waals surface area contributed by atoms with Gasteiger partial charge in [0.2, 0.25) is 5.91 Å². The lowest BCUT2D eigenvalue weighted by Crippen LogP contribution is -2.45. The number of likely N-dealkylation sites (tertiary alicyclic amines) is 1. The van der Waals surface area contributed by atoms with Gasteiger partial charge in [-0.05, 0) is 49.7 Å². The Morgan fingerprint density at radius 1 is 1.00 bits per heavy atom. The lowest BCUT2D eigenvalue weighted by Gasteiger charge is -2.33. The first-order chi connectivity index (χ1) is 17.0. The number of fused-ring (bicyclic) bond motifs is 1. The number of carbonyl (C=O) groups is 1. The molecule has 1 N–H and O–H groups in total. The monoisotopic (exact) mass is 496 g/mol. The maximum absolute atomic E-state index is 12.7. The summed E-state index contributed by atoms with van der Waals surface area (Å²) in [5.41, 5.74) is 1.98. The second-order valence-electron chi connectivity index (χ2n) is 9.61. The molecule has 0 aliphatic carbocycles. The van der Waals surface area contributed by atoms with Gasteiger partial charge in [-0.25, -0.2) is 0 Å². The number of rotatable bonds is 7. The van der Waals surface area contributed by atoms with Gasteiger partial charge in [-0.3, -0.25) is 9.69 Å². The Morgan fingerprint density at radius 3 is 2.49 bits per heavy atom. The zero-order chi connectivity index (χ0) is 24.2. The molecule has 1 amide bonds. The molecule has 35 heavy (non-hydrogen) atoms. The minimum atomic E-state index is 0.0631. The number of piperazine rings is 1. The summed E-state index contributed by atoms with van der Waals surface area (Å²) in [6.07, 6.45) is 2.82. The van der Waals surface area contributed by atoms with E-state index in [0.717, 1.165) is 75.3 Å². The molecule has 2 saturated heterocycles. The quantitative estimate of drug-likeness (QED) is 0.537. The molecule has 5 rings (SSSR count). The first-order valence-corrected chi connectivity index (χ1v) is 12.8. The molecule has 0 bridgehead atoms. The zero-order valence-corrected chi connectivity index (χ0v) is 21.0. The number of hydrogen-bond donors (Lipinski definition) is 1. The number of hydrogen-bond acceptors (Lipinski definition) is 7. The highest BCUT2D eigenvalue weighted by atomic mass is 35.5. The van der Waals surface area contributed by atoms with E-state index in [1.807, 2.05) is 24.3 Å². The predicted molar refractivity (Wildman–Crippen MR) is 137 cm³/mol. The van der Waals surface area contributed by atoms with Crippen LogP contribution in [0.5, 0.6) is 0 Å². The third-order valence-corrected chi connectivity index (χ3v) is 7.24. The van der Waals surface area contributed by atoms with Gasteiger partial charge in [0.1, 0.15) is 5.82 Å². The number of aromatic nitrogens is 4. The third-order valence-electron chi connectivity index (χ3n) is 6.99. The van der Waals surface area contributed by atoms with Gasteiger partial charge >= 0.3 is 0 Å². The molecular formula is C25H33ClN8O. The maximum Gasteiger partial charge on any atom is 0.220 e. The summed E-state index contributed by atoms with van der Waals surface area (Å²) in [4.78, 5) is 19.7. The van der Waals surface area contributed by atoms with Gasteiger partial charge in [0.25, 0.3) is 0 Å². The molecule has 2 aromatic heterocycles. The van der Waals surface area contributed by atoms with E-state index in [-0.39, 0.29) is 11.9 Å². The molecular weight excluding hydrogens is 464 g/mol. The molecule has 4 heterocycles. The van der Waals surface area contributed by atoms with E-state index in [4.69, 9.17) is 16.7 Å². The molecule has 0 saturated carbocycles. The van der Waals surface area contributed by atoms with E-state index in [0.29, 0.717) is 18.5 Å². The summed E-state index contributed by atoms with van der Waals surface area (Å²) in [6, 6.07) is 12.2. The van der Waals surface area contributed by atoms with Gasteiger partial charge in [-0.2, -0.15) is 4.52 Å². The molecule has 0 unspecified atom stereocenters. The van der Waals surface area contributed by atoms with Gasteiger partial charge in [0.15, 0.2) is 11.5 Å². The van der Waals surface area contributed by atoms with Crippen molar-refractivity contribution in [3.8, 4) is 0 Å². The van der Waals surface area contributed by atoms with Crippen LogP contribution in [0.25, 0.3) is 5.65 Å². The number of aryl methyl sites for hydroxylation is 1. The molecule has 0 radical (unpaired) electrons. The summed E-state index contributed by atoms with van der Waals surface area (Å²) < 4.78 is 1.79. The van der Waals surface area contributed by atoms with Crippen molar-refractivity contribution in [1.82, 2.24) is 34.9 Å². The van der Waals surface area contributed by atoms with E-state index < -0.39 is 0 Å². The number of amides is 1. The van der Waals surface area contributed by atoms with Gasteiger partial charge in [-0.1, -0.05) is 23.7 Å². The predicted octanol–water partition coefficient (Wildman–Crippen LogP) is 2.24. The Labute approximate surface area is 211 Å². The van der Waals surface area contributed by atoms with Crippen LogP contribution in [0, 0.1) is 0 Å². The molecule has 9 nitrogen and oxygen atoms in total. The van der Waals surface area contributed by atoms with E-state index in [9.17, 15) is 4.79 Å². The number of nitrogens with one attached hydrogen (secondary N) is 1. The fraction of sp³-hybridized carbons (Fsp3) is 0.520. The Balaban J connectivity index is 1.10. The number of halogens is 1. The standard InChI is InChI=1S/C25H33ClN8O/c1-31-14-16-33(17-15-31)24-7-6-22-28-29-23(34(22)30-24)8-9-25(35)27-21-10-12-32(13-11-21)18-19-2-4-20(26)5-3-19/h2-7,21H,8-18H2,1H3,(H,27,35). The minimum absolute atomic E-state index is 0.0631. The highest BCUT2D eigenvalue weighted by Gasteiger charge is 2.21. The number of nitrogens with zero attached hydrogens (tertiary/aromatic N) is 7. The van der Waals surface area contributed by atoms with Gasteiger partial charge in [-0.15, -0.1) is 15.3 Å². The van der Waals surface area contributed by atoms with Crippen LogP contribution in [0.4, 0.5) is 5.82 Å². The van der Waals surface area contributed by atoms with Crippen LogP contribution in [0.15, 0.2) is 36.4 Å². The van der Waals surface area contributed by atoms with Crippen molar-refractivity contribution in [3.05, 3.63) is 52.8 Å². The smallest absolute Gasteiger partial charge is 0.220 e. The second kappa shape index (κ2) is 10.9. The normalized spacial score (nSPS) is 18.3. The summed E-state index contributed by atoms with van der Waals surface area (Å²) in [7, 11) is 2.14. The first kappa shape index (κ1) is 24.0. The van der Waals surface area contributed by atoms with E-state index >= 15 is 0 Å². The Hall–Kier alpha value is -2.75. The summed E-state index contributed by atoms with van der Waals surface area (Å²) >= 11 is 5.98. The summed E-state index contributed by atoms with van der Waals surface area (Å²) in [5, 5.41) is 17.3. The Morgan fingerprint density at radius 2 is 1.74 bits per heavy atom. The maximum atomic E-state index is 12.7. The van der Waals surface area contributed by atoms with Crippen molar-refractivity contribution < 1.29 is 4.79 Å². The zero-order valence-electron chi connectivity index (χ0n) is 20.2. The fourth-order valence-electron chi connectivity index (χ4n) is 4.79. The van der Waals surface area contributed by atoms with Crippen LogP contribution < -0.4 is 10.2 Å². The van der Waals surface area contributed by atoms with Crippen LogP contribution in [0.2, 0.25) is 5.02 Å². The minimum Gasteiger partial charge on any atom is -0.353 e. The number of carbonyl (C=O) groups excluding carboxylic acids is 1. The van der Waals surface area contributed by atoms with Crippen molar-refractivity contribution in [2.45, 2.75) is 38.3 Å². The lowest BCUT2D eigenvalue weighted by molar-refractivity contribution is -0.122. The highest BCUT2D eigenvalue weighted by Crippen LogP contribution is 2.17. The molecule has 10 heteroatoms. The van der Waals surface area contributed by atoms with Gasteiger partial charge in [0.05, 0.1) is 0 Å². The highest BCUT2D eigenvalue weighted by molar-refractivity contribution is 6.30. The molecule has 2 aliphatic heterocycles. The van der Waals surface area contributed by atoms with Gasteiger partial charge < -0.3 is 15.1 Å². The third kappa shape index (κ3) is 6.09. The number of anilines is 1. The largest absolute Gasteiger partial charge is 0.353 e. The van der Waals surface area contributed by atoms with Crippen molar-refractivity contribution in [2.24, 2.45) is 0 Å². The van der Waals surface area contributed by atoms with Crippen LogP contribution in [-0.2, 0) is 17.8 Å². The molecule has 186 valence electrons. The van der Waals surface area contributed by atoms with Crippen LogP contribution >= 0.6 is 11.6 Å². The average Bonchev–Trinajstić information content (AvgIpc) is 3.28. The number of piperidine rings is 1. The Bertz CT molecular complexity index is 1130. The van der Waals surface area contributed by atoms with Crippen molar-refractivity contribution in [3.63, 3.8) is 0 Å². The molecule has 0 atom stereocenters. The van der Waals surface area contributed by atoms with Crippen molar-refractivity contribution >= 4 is 29.0 Å². The molecule has 2 aliphatic rings. The molecule has 1 aromatic carbocycles. The molecule has 2 fully saturated rings. The lowest BCUT2D eigenvalue weighted by atomic mass is 10.0. The van der Waals surface area contributed by atoms with Crippen LogP contribution in [-0.4, -0.2) is 87.9 Å². The van der Waals surface area contributed by atoms with Crippen molar-refractivity contribution in [1.29, 1.82) is 0 Å². The molecule has 3 aromatic rings. The first-order valence-electron chi connectivity index (χ1n) is 12.4. The SMILES string of the molecule is CN1CCN(c2ccc3nnc(CCC(=O)NC4CCN(Cc5ccc(Cl)cc5)CC4)n3n2)CC1. The van der Waals surface area contributed by atoms with E-state index in [1.54, 1.807) is 4.52 Å². The van der Waals surface area contributed by atoms with Crippen LogP contribution in [0.1, 0.15) is 30.7 Å². The second-order valence-corrected chi connectivity index (χ2v) is 10.0. The fourth-order valence-corrected chi connectivity index (χ4v) is 4.92. The van der Waals surface area contributed by atoms with Gasteiger partial charge in [0, 0.05) is 69.7 Å². The summed E-state index contributed by atoms with van der Waals surface area (Å²) in [6.45, 7) is 6.81. The molecule has 0 spiro atoms. The van der Waals surface area contributed by atoms with E-state index in [2.05, 4.69) is 49.4 Å². The summed E-state index contributed by atoms with van der Waals surface area (Å²) in [5.74, 6) is 1.72. The Kier molecular flexibility index (Phi) is 7.46. The topological polar surface area (TPSA) is 81.9 Å². The number of benzene rings is 1. The number of likely N-dealkylation sites (N-methyl/N-ethyl adjacent to an activating group) is 1.